The average molecular weight is 450 g/mol. The first-order valence-electron chi connectivity index (χ1n) is 9.91. The van der Waals surface area contributed by atoms with Gasteiger partial charge in [-0.05, 0) is 45.0 Å². The Morgan fingerprint density at radius 3 is 2.68 bits per heavy atom. The monoisotopic (exact) mass is 449 g/mol. The Labute approximate surface area is 185 Å². The molecule has 1 aliphatic heterocycles. The molecule has 1 saturated heterocycles. The fraction of sp³-hybridized carbons (Fsp3) is 0.409. The van der Waals surface area contributed by atoms with Crippen LogP contribution in [-0.2, 0) is 4.74 Å². The van der Waals surface area contributed by atoms with Gasteiger partial charge in [0, 0.05) is 25.8 Å². The van der Waals surface area contributed by atoms with Gasteiger partial charge in [0.05, 0.1) is 22.8 Å². The van der Waals surface area contributed by atoms with Gasteiger partial charge in [0.1, 0.15) is 18.0 Å². The maximum atomic E-state index is 14.5. The van der Waals surface area contributed by atoms with Crippen LogP contribution in [0.5, 0.6) is 5.75 Å². The Balaban J connectivity index is 1.80. The molecule has 1 aromatic heterocycles. The van der Waals surface area contributed by atoms with Gasteiger partial charge in [-0.25, -0.2) is 9.18 Å². The average Bonchev–Trinajstić information content (AvgIpc) is 2.73. The normalized spacial score (nSPS) is 16.7. The lowest BCUT2D eigenvalue weighted by atomic mass is 10.1. The fourth-order valence-electron chi connectivity index (χ4n) is 3.21. The van der Waals surface area contributed by atoms with Crippen LogP contribution in [0.4, 0.5) is 9.18 Å². The van der Waals surface area contributed by atoms with E-state index >= 15 is 0 Å². The first kappa shape index (κ1) is 22.8. The van der Waals surface area contributed by atoms with Crippen molar-refractivity contribution in [3.8, 4) is 5.75 Å². The molecule has 0 N–H and O–H groups in total. The molecule has 0 aliphatic carbocycles. The Kier molecular flexibility index (Phi) is 7.00. The molecule has 166 valence electrons. The first-order chi connectivity index (χ1) is 14.7. The van der Waals surface area contributed by atoms with Gasteiger partial charge in [-0.3, -0.25) is 9.78 Å². The van der Waals surface area contributed by atoms with E-state index in [1.807, 2.05) is 0 Å². The van der Waals surface area contributed by atoms with Gasteiger partial charge < -0.3 is 19.3 Å². The molecule has 2 amide bonds. The van der Waals surface area contributed by atoms with Crippen molar-refractivity contribution in [1.29, 1.82) is 0 Å². The van der Waals surface area contributed by atoms with E-state index in [0.29, 0.717) is 5.75 Å². The van der Waals surface area contributed by atoms with Crippen LogP contribution in [0.1, 0.15) is 31.1 Å². The Morgan fingerprint density at radius 1 is 1.23 bits per heavy atom. The Morgan fingerprint density at radius 2 is 2.00 bits per heavy atom. The van der Waals surface area contributed by atoms with Crippen LogP contribution in [-0.4, -0.2) is 64.7 Å². The number of carbonyl (C=O) groups excluding carboxylic acids is 2. The molecule has 31 heavy (non-hydrogen) atoms. The molecule has 9 heteroatoms. The number of ether oxygens (including phenoxy) is 2. The summed E-state index contributed by atoms with van der Waals surface area (Å²) in [6, 6.07) is 7.25. The highest BCUT2D eigenvalue weighted by Crippen LogP contribution is 2.23. The molecule has 7 nitrogen and oxygen atoms in total. The second-order valence-corrected chi connectivity index (χ2v) is 8.59. The summed E-state index contributed by atoms with van der Waals surface area (Å²) >= 11 is 5.85. The van der Waals surface area contributed by atoms with Crippen molar-refractivity contribution >= 4 is 23.6 Å². The summed E-state index contributed by atoms with van der Waals surface area (Å²) in [6.45, 7) is 6.10. The van der Waals surface area contributed by atoms with Gasteiger partial charge in [0.25, 0.3) is 5.91 Å². The maximum absolute atomic E-state index is 14.5. The molecule has 0 radical (unpaired) electrons. The van der Waals surface area contributed by atoms with E-state index in [0.717, 1.165) is 0 Å². The minimum absolute atomic E-state index is 0.0961. The van der Waals surface area contributed by atoms with Gasteiger partial charge in [-0.2, -0.15) is 0 Å². The zero-order chi connectivity index (χ0) is 22.6. The van der Waals surface area contributed by atoms with E-state index in [2.05, 4.69) is 4.98 Å². The van der Waals surface area contributed by atoms with Crippen LogP contribution < -0.4 is 4.74 Å². The molecule has 1 aliphatic rings. The predicted molar refractivity (Wildman–Crippen MR) is 114 cm³/mol. The van der Waals surface area contributed by atoms with Gasteiger partial charge in [-0.1, -0.05) is 17.7 Å². The number of amides is 2. The molecule has 1 fully saturated rings. The second kappa shape index (κ2) is 9.51. The molecular formula is C22H25ClFN3O4. The lowest BCUT2D eigenvalue weighted by Crippen LogP contribution is -2.59. The van der Waals surface area contributed by atoms with Crippen LogP contribution in [0.15, 0.2) is 42.7 Å². The molecule has 2 heterocycles. The number of piperazine rings is 1. The number of nitrogens with zero attached hydrogens (tertiary/aromatic N) is 3. The lowest BCUT2D eigenvalue weighted by Gasteiger charge is -2.41. The van der Waals surface area contributed by atoms with Gasteiger partial charge in [0.15, 0.2) is 5.82 Å². The molecule has 0 saturated carbocycles. The lowest BCUT2D eigenvalue weighted by molar-refractivity contribution is -0.00107. The van der Waals surface area contributed by atoms with Crippen LogP contribution in [0.25, 0.3) is 0 Å². The summed E-state index contributed by atoms with van der Waals surface area (Å²) in [6.07, 6.45) is 2.70. The van der Waals surface area contributed by atoms with Crippen LogP contribution in [0, 0.1) is 5.82 Å². The van der Waals surface area contributed by atoms with E-state index in [-0.39, 0.29) is 36.8 Å². The van der Waals surface area contributed by atoms with E-state index in [4.69, 9.17) is 21.1 Å². The molecule has 0 bridgehead atoms. The zero-order valence-corrected chi connectivity index (χ0v) is 18.4. The number of halogens is 2. The van der Waals surface area contributed by atoms with E-state index in [1.165, 1.54) is 28.0 Å². The standard InChI is InChI=1S/C22H25ClFN3O4/c1-22(2,3)31-21(29)26-10-11-27(20(28)17-7-4-8-18(23)19(17)24)15(13-26)14-30-16-6-5-9-25-12-16/h4-9,12,15H,10-11,13-14H2,1-3H3. The summed E-state index contributed by atoms with van der Waals surface area (Å²) in [4.78, 5) is 32.7. The van der Waals surface area contributed by atoms with Crippen molar-refractivity contribution in [2.75, 3.05) is 26.2 Å². The van der Waals surface area contributed by atoms with E-state index in [9.17, 15) is 14.0 Å². The first-order valence-corrected chi connectivity index (χ1v) is 10.3. The van der Waals surface area contributed by atoms with Crippen molar-refractivity contribution in [3.63, 3.8) is 0 Å². The smallest absolute Gasteiger partial charge is 0.410 e. The van der Waals surface area contributed by atoms with Crippen molar-refractivity contribution in [3.05, 3.63) is 59.1 Å². The predicted octanol–water partition coefficient (Wildman–Crippen LogP) is 4.01. The van der Waals surface area contributed by atoms with Crippen molar-refractivity contribution in [2.45, 2.75) is 32.4 Å². The fourth-order valence-corrected chi connectivity index (χ4v) is 3.38. The van der Waals surface area contributed by atoms with Gasteiger partial charge in [-0.15, -0.1) is 0 Å². The van der Waals surface area contributed by atoms with Crippen LogP contribution in [0.3, 0.4) is 0 Å². The summed E-state index contributed by atoms with van der Waals surface area (Å²) in [7, 11) is 0. The number of hydrogen-bond donors (Lipinski definition) is 0. The Bertz CT molecular complexity index is 936. The number of hydrogen-bond acceptors (Lipinski definition) is 5. The minimum atomic E-state index is -0.768. The number of rotatable bonds is 4. The molecule has 1 aromatic carbocycles. The SMILES string of the molecule is CC(C)(C)OC(=O)N1CCN(C(=O)c2cccc(Cl)c2F)C(COc2cccnc2)C1. The molecular weight excluding hydrogens is 425 g/mol. The van der Waals surface area contributed by atoms with Gasteiger partial charge in [0.2, 0.25) is 0 Å². The molecule has 1 atom stereocenters. The highest BCUT2D eigenvalue weighted by Gasteiger charge is 2.36. The van der Waals surface area contributed by atoms with Crippen molar-refractivity contribution in [2.24, 2.45) is 0 Å². The summed E-state index contributed by atoms with van der Waals surface area (Å²) in [5.41, 5.74) is -0.764. The summed E-state index contributed by atoms with van der Waals surface area (Å²) < 4.78 is 25.7. The summed E-state index contributed by atoms with van der Waals surface area (Å²) in [5, 5.41) is -0.124. The maximum Gasteiger partial charge on any atom is 0.410 e. The third-order valence-electron chi connectivity index (χ3n) is 4.65. The zero-order valence-electron chi connectivity index (χ0n) is 17.7. The number of benzene rings is 1. The highest BCUT2D eigenvalue weighted by atomic mass is 35.5. The molecule has 1 unspecified atom stereocenters. The second-order valence-electron chi connectivity index (χ2n) is 8.18. The molecule has 2 aromatic rings. The minimum Gasteiger partial charge on any atom is -0.490 e. The third-order valence-corrected chi connectivity index (χ3v) is 4.95. The number of carbonyl (C=O) groups is 2. The number of aromatic nitrogens is 1. The van der Waals surface area contributed by atoms with Crippen LogP contribution >= 0.6 is 11.6 Å². The largest absolute Gasteiger partial charge is 0.490 e. The van der Waals surface area contributed by atoms with E-state index < -0.39 is 29.5 Å². The quantitative estimate of drug-likeness (QED) is 0.705. The van der Waals surface area contributed by atoms with Gasteiger partial charge >= 0.3 is 6.09 Å². The Hall–Kier alpha value is -2.87. The van der Waals surface area contributed by atoms with Crippen molar-refractivity contribution in [1.82, 2.24) is 14.8 Å². The van der Waals surface area contributed by atoms with E-state index in [1.54, 1.807) is 45.3 Å². The van der Waals surface area contributed by atoms with Crippen LogP contribution in [0.2, 0.25) is 5.02 Å². The number of pyridine rings is 1. The van der Waals surface area contributed by atoms with Crippen molar-refractivity contribution < 1.29 is 23.5 Å². The topological polar surface area (TPSA) is 72.0 Å². The molecule has 3 rings (SSSR count). The highest BCUT2D eigenvalue weighted by molar-refractivity contribution is 6.31. The molecule has 0 spiro atoms. The third kappa shape index (κ3) is 5.85. The summed E-state index contributed by atoms with van der Waals surface area (Å²) in [5.74, 6) is -0.752.